The summed E-state index contributed by atoms with van der Waals surface area (Å²) in [7, 11) is -3.70. The summed E-state index contributed by atoms with van der Waals surface area (Å²) < 4.78 is 26.1. The number of nitrogens with one attached hydrogen (secondary N) is 1. The van der Waals surface area contributed by atoms with E-state index in [1.807, 2.05) is 44.2 Å². The van der Waals surface area contributed by atoms with E-state index in [9.17, 15) is 18.0 Å². The third-order valence-corrected chi connectivity index (χ3v) is 6.56. The number of para-hydroxylation sites is 1. The number of anilines is 1. The minimum Gasteiger partial charge on any atom is -0.354 e. The number of unbranched alkanes of at least 4 members (excludes halogenated alkanes) is 1. The second kappa shape index (κ2) is 13.0. The summed E-state index contributed by atoms with van der Waals surface area (Å²) in [5.41, 5.74) is 1.45. The summed E-state index contributed by atoms with van der Waals surface area (Å²) in [5.74, 6) is -0.615. The van der Waals surface area contributed by atoms with Crippen LogP contribution in [0.3, 0.4) is 0 Å². The molecule has 0 spiro atoms. The van der Waals surface area contributed by atoms with Crippen molar-refractivity contribution < 1.29 is 18.0 Å². The van der Waals surface area contributed by atoms with E-state index in [1.54, 1.807) is 30.3 Å². The molecule has 0 saturated heterocycles. The number of nitrogens with zero attached hydrogens (tertiary/aromatic N) is 2. The number of carbonyl (C=O) groups is 2. The predicted molar refractivity (Wildman–Crippen MR) is 132 cm³/mol. The van der Waals surface area contributed by atoms with Crippen LogP contribution < -0.4 is 9.62 Å². The fourth-order valence-corrected chi connectivity index (χ4v) is 4.46. The first-order chi connectivity index (χ1) is 15.8. The smallest absolute Gasteiger partial charge is 0.244 e. The van der Waals surface area contributed by atoms with Crippen LogP contribution in [0.4, 0.5) is 5.69 Å². The molecule has 8 heteroatoms. The molecule has 2 aromatic carbocycles. The van der Waals surface area contributed by atoms with Gasteiger partial charge in [-0.1, -0.05) is 68.8 Å². The van der Waals surface area contributed by atoms with Gasteiger partial charge in [0, 0.05) is 13.1 Å². The normalized spacial score (nSPS) is 12.1. The second-order valence-electron chi connectivity index (χ2n) is 8.00. The van der Waals surface area contributed by atoms with Crippen LogP contribution in [0.1, 0.15) is 38.7 Å². The molecule has 1 N–H and O–H groups in total. The van der Waals surface area contributed by atoms with Crippen molar-refractivity contribution in [1.82, 2.24) is 10.2 Å². The highest BCUT2D eigenvalue weighted by Gasteiger charge is 2.31. The fourth-order valence-electron chi connectivity index (χ4n) is 3.61. The Hall–Kier alpha value is -2.87. The van der Waals surface area contributed by atoms with E-state index in [1.165, 1.54) is 4.90 Å². The van der Waals surface area contributed by atoms with Gasteiger partial charge in [0.2, 0.25) is 21.8 Å². The summed E-state index contributed by atoms with van der Waals surface area (Å²) in [5, 5.41) is 2.92. The van der Waals surface area contributed by atoms with Crippen molar-refractivity contribution >= 4 is 27.5 Å². The Morgan fingerprint density at radius 1 is 0.970 bits per heavy atom. The highest BCUT2D eigenvalue weighted by molar-refractivity contribution is 7.92. The van der Waals surface area contributed by atoms with Crippen LogP contribution >= 0.6 is 0 Å². The predicted octanol–water partition coefficient (Wildman–Crippen LogP) is 3.22. The number of rotatable bonds is 13. The molecule has 2 aromatic rings. The Bertz CT molecular complexity index is 981. The van der Waals surface area contributed by atoms with E-state index in [2.05, 4.69) is 5.32 Å². The molecular formula is C25H35N3O4S. The maximum absolute atomic E-state index is 13.5. The van der Waals surface area contributed by atoms with Crippen molar-refractivity contribution in [3.63, 3.8) is 0 Å². The van der Waals surface area contributed by atoms with Crippen LogP contribution in [0.15, 0.2) is 60.7 Å². The van der Waals surface area contributed by atoms with E-state index in [0.29, 0.717) is 31.6 Å². The minimum absolute atomic E-state index is 0.210. The molecule has 0 aromatic heterocycles. The Kier molecular flexibility index (Phi) is 10.4. The van der Waals surface area contributed by atoms with Gasteiger partial charge in [-0.3, -0.25) is 13.9 Å². The van der Waals surface area contributed by atoms with Crippen molar-refractivity contribution in [2.45, 2.75) is 45.6 Å². The third-order valence-electron chi connectivity index (χ3n) is 5.42. The van der Waals surface area contributed by atoms with Crippen LogP contribution in [0, 0.1) is 0 Å². The molecular weight excluding hydrogens is 438 g/mol. The van der Waals surface area contributed by atoms with Crippen molar-refractivity contribution in [3.8, 4) is 0 Å². The zero-order valence-corrected chi connectivity index (χ0v) is 20.6. The van der Waals surface area contributed by atoms with Gasteiger partial charge in [-0.15, -0.1) is 0 Å². The van der Waals surface area contributed by atoms with Crippen LogP contribution in [0.2, 0.25) is 0 Å². The number of hydrogen-bond acceptors (Lipinski definition) is 4. The molecule has 2 rings (SSSR count). The molecule has 2 amide bonds. The standard InChI is InChI=1S/C25H35N3O4S/c1-4-6-18-26-25(30)23(5-2)27(19-17-21-13-9-7-10-14-21)24(29)20-28(33(3,31)32)22-15-11-8-12-16-22/h7-16,23H,4-6,17-20H2,1-3H3,(H,26,30). The largest absolute Gasteiger partial charge is 0.354 e. The van der Waals surface area contributed by atoms with Gasteiger partial charge in [0.25, 0.3) is 0 Å². The van der Waals surface area contributed by atoms with E-state index >= 15 is 0 Å². The highest BCUT2D eigenvalue weighted by Crippen LogP contribution is 2.18. The van der Waals surface area contributed by atoms with Gasteiger partial charge in [-0.05, 0) is 37.0 Å². The fraction of sp³-hybridized carbons (Fsp3) is 0.440. The van der Waals surface area contributed by atoms with Gasteiger partial charge >= 0.3 is 0 Å². The lowest BCUT2D eigenvalue weighted by atomic mass is 10.1. The van der Waals surface area contributed by atoms with Gasteiger partial charge < -0.3 is 10.2 Å². The minimum atomic E-state index is -3.70. The van der Waals surface area contributed by atoms with E-state index in [0.717, 1.165) is 29.0 Å². The molecule has 0 saturated carbocycles. The monoisotopic (exact) mass is 473 g/mol. The SMILES string of the molecule is CCCCNC(=O)C(CC)N(CCc1ccccc1)C(=O)CN(c1ccccc1)S(C)(=O)=O. The van der Waals surface area contributed by atoms with Gasteiger partial charge in [0.15, 0.2) is 0 Å². The maximum atomic E-state index is 13.5. The van der Waals surface area contributed by atoms with Crippen molar-refractivity contribution in [1.29, 1.82) is 0 Å². The Balaban J connectivity index is 2.29. The van der Waals surface area contributed by atoms with Crippen LogP contribution in [-0.4, -0.2) is 57.1 Å². The first-order valence-corrected chi connectivity index (χ1v) is 13.3. The molecule has 0 aliphatic heterocycles. The summed E-state index contributed by atoms with van der Waals surface area (Å²) in [6.45, 7) is 4.40. The van der Waals surface area contributed by atoms with Gasteiger partial charge in [0.1, 0.15) is 12.6 Å². The van der Waals surface area contributed by atoms with Gasteiger partial charge in [-0.2, -0.15) is 0 Å². The zero-order chi connectivity index (χ0) is 24.3. The maximum Gasteiger partial charge on any atom is 0.244 e. The molecule has 7 nitrogen and oxygen atoms in total. The lowest BCUT2D eigenvalue weighted by Crippen LogP contribution is -2.53. The first kappa shape index (κ1) is 26.4. The summed E-state index contributed by atoms with van der Waals surface area (Å²) in [6, 6.07) is 17.6. The number of amides is 2. The average molecular weight is 474 g/mol. The van der Waals surface area contributed by atoms with E-state index in [-0.39, 0.29) is 12.5 Å². The van der Waals surface area contributed by atoms with Crippen molar-refractivity contribution in [2.75, 3.05) is 30.2 Å². The van der Waals surface area contributed by atoms with Crippen LogP contribution in [0.5, 0.6) is 0 Å². The zero-order valence-electron chi connectivity index (χ0n) is 19.7. The van der Waals surface area contributed by atoms with Gasteiger partial charge in [-0.25, -0.2) is 8.42 Å². The summed E-state index contributed by atoms with van der Waals surface area (Å²) in [6.07, 6.45) is 3.89. The Morgan fingerprint density at radius 3 is 2.12 bits per heavy atom. The highest BCUT2D eigenvalue weighted by atomic mass is 32.2. The molecule has 0 aliphatic rings. The van der Waals surface area contributed by atoms with Crippen molar-refractivity contribution in [2.24, 2.45) is 0 Å². The molecule has 0 radical (unpaired) electrons. The molecule has 33 heavy (non-hydrogen) atoms. The average Bonchev–Trinajstić information content (AvgIpc) is 2.80. The lowest BCUT2D eigenvalue weighted by molar-refractivity contribution is -0.139. The van der Waals surface area contributed by atoms with E-state index in [4.69, 9.17) is 0 Å². The third kappa shape index (κ3) is 8.20. The van der Waals surface area contributed by atoms with Crippen LogP contribution in [-0.2, 0) is 26.0 Å². The number of hydrogen-bond donors (Lipinski definition) is 1. The topological polar surface area (TPSA) is 86.8 Å². The number of benzene rings is 2. The van der Waals surface area contributed by atoms with Gasteiger partial charge in [0.05, 0.1) is 11.9 Å². The molecule has 1 atom stereocenters. The molecule has 0 bridgehead atoms. The summed E-state index contributed by atoms with van der Waals surface area (Å²) in [4.78, 5) is 27.9. The molecule has 180 valence electrons. The first-order valence-electron chi connectivity index (χ1n) is 11.4. The van der Waals surface area contributed by atoms with E-state index < -0.39 is 22.0 Å². The number of carbonyl (C=O) groups excluding carboxylic acids is 2. The van der Waals surface area contributed by atoms with Crippen LogP contribution in [0.25, 0.3) is 0 Å². The number of sulfonamides is 1. The Morgan fingerprint density at radius 2 is 1.58 bits per heavy atom. The quantitative estimate of drug-likeness (QED) is 0.453. The summed E-state index contributed by atoms with van der Waals surface area (Å²) >= 11 is 0. The second-order valence-corrected chi connectivity index (χ2v) is 9.90. The molecule has 0 fully saturated rings. The Labute approximate surface area is 197 Å². The molecule has 0 heterocycles. The lowest BCUT2D eigenvalue weighted by Gasteiger charge is -2.32. The molecule has 0 aliphatic carbocycles. The van der Waals surface area contributed by atoms with Crippen molar-refractivity contribution in [3.05, 3.63) is 66.2 Å². The molecule has 1 unspecified atom stereocenters.